The SMILES string of the molecule is CCCc1nn(C)c(NC2CCCCC2(C)C)c1N. The fraction of sp³-hybridized carbons (Fsp3) is 0.800. The lowest BCUT2D eigenvalue weighted by Crippen LogP contribution is -2.39. The fourth-order valence-corrected chi connectivity index (χ4v) is 3.12. The number of hydrogen-bond donors (Lipinski definition) is 2. The van der Waals surface area contributed by atoms with Crippen LogP contribution in [0.3, 0.4) is 0 Å². The van der Waals surface area contributed by atoms with Crippen LogP contribution in [0.4, 0.5) is 11.5 Å². The smallest absolute Gasteiger partial charge is 0.148 e. The van der Waals surface area contributed by atoms with Crippen LogP contribution in [-0.4, -0.2) is 15.8 Å². The summed E-state index contributed by atoms with van der Waals surface area (Å²) < 4.78 is 1.91. The maximum atomic E-state index is 6.25. The highest BCUT2D eigenvalue weighted by Gasteiger charge is 2.33. The molecular weight excluding hydrogens is 236 g/mol. The minimum Gasteiger partial charge on any atom is -0.394 e. The molecule has 19 heavy (non-hydrogen) atoms. The summed E-state index contributed by atoms with van der Waals surface area (Å²) in [5.74, 6) is 1.00. The molecule has 3 N–H and O–H groups in total. The molecule has 0 bridgehead atoms. The number of nitrogens with zero attached hydrogens (tertiary/aromatic N) is 2. The molecule has 1 unspecified atom stereocenters. The molecule has 1 atom stereocenters. The van der Waals surface area contributed by atoms with Gasteiger partial charge in [0.25, 0.3) is 0 Å². The summed E-state index contributed by atoms with van der Waals surface area (Å²) in [6.07, 6.45) is 7.18. The van der Waals surface area contributed by atoms with Crippen molar-refractivity contribution in [3.05, 3.63) is 5.69 Å². The molecule has 0 aromatic carbocycles. The highest BCUT2D eigenvalue weighted by molar-refractivity contribution is 5.65. The van der Waals surface area contributed by atoms with Crippen molar-refractivity contribution in [2.75, 3.05) is 11.1 Å². The lowest BCUT2D eigenvalue weighted by Gasteiger charge is -2.39. The Balaban J connectivity index is 2.18. The number of anilines is 2. The standard InChI is InChI=1S/C15H28N4/c1-5-8-11-13(16)14(19(4)18-11)17-12-9-6-7-10-15(12,2)3/h12,17H,5-10,16H2,1-4H3. The minimum atomic E-state index is 0.333. The maximum Gasteiger partial charge on any atom is 0.148 e. The van der Waals surface area contributed by atoms with Gasteiger partial charge in [0.05, 0.1) is 11.4 Å². The Bertz CT molecular complexity index is 434. The lowest BCUT2D eigenvalue weighted by atomic mass is 9.73. The average molecular weight is 264 g/mol. The van der Waals surface area contributed by atoms with Crippen LogP contribution in [0.2, 0.25) is 0 Å². The maximum absolute atomic E-state index is 6.25. The van der Waals surface area contributed by atoms with Gasteiger partial charge in [0.2, 0.25) is 0 Å². The molecule has 1 saturated carbocycles. The van der Waals surface area contributed by atoms with Crippen molar-refractivity contribution in [1.29, 1.82) is 0 Å². The van der Waals surface area contributed by atoms with Crippen molar-refractivity contribution >= 4 is 11.5 Å². The third-order valence-electron chi connectivity index (χ3n) is 4.47. The molecule has 0 amide bonds. The van der Waals surface area contributed by atoms with E-state index in [0.29, 0.717) is 11.5 Å². The van der Waals surface area contributed by atoms with Crippen molar-refractivity contribution in [3.8, 4) is 0 Å². The molecule has 4 heteroatoms. The molecule has 0 saturated heterocycles. The van der Waals surface area contributed by atoms with Gasteiger partial charge in [-0.15, -0.1) is 0 Å². The molecule has 1 heterocycles. The topological polar surface area (TPSA) is 55.9 Å². The van der Waals surface area contributed by atoms with Gasteiger partial charge in [0.1, 0.15) is 5.82 Å². The molecule has 108 valence electrons. The second kappa shape index (κ2) is 5.43. The largest absolute Gasteiger partial charge is 0.394 e. The molecule has 2 rings (SSSR count). The highest BCUT2D eigenvalue weighted by atomic mass is 15.3. The molecule has 1 aromatic heterocycles. The summed E-state index contributed by atoms with van der Waals surface area (Å²) in [7, 11) is 1.98. The first-order valence-electron chi connectivity index (χ1n) is 7.53. The van der Waals surface area contributed by atoms with Crippen LogP contribution < -0.4 is 11.1 Å². The Hall–Kier alpha value is -1.19. The predicted octanol–water partition coefficient (Wildman–Crippen LogP) is 3.34. The van der Waals surface area contributed by atoms with Crippen molar-refractivity contribution in [1.82, 2.24) is 9.78 Å². The zero-order chi connectivity index (χ0) is 14.0. The van der Waals surface area contributed by atoms with E-state index in [1.54, 1.807) is 0 Å². The number of aromatic nitrogens is 2. The Morgan fingerprint density at radius 3 is 2.79 bits per heavy atom. The van der Waals surface area contributed by atoms with Crippen LogP contribution in [0.15, 0.2) is 0 Å². The quantitative estimate of drug-likeness (QED) is 0.877. The van der Waals surface area contributed by atoms with E-state index in [0.717, 1.165) is 30.0 Å². The normalized spacial score (nSPS) is 22.4. The van der Waals surface area contributed by atoms with E-state index in [2.05, 4.69) is 31.2 Å². The average Bonchev–Trinajstić information content (AvgIpc) is 2.60. The van der Waals surface area contributed by atoms with Gasteiger partial charge in [-0.3, -0.25) is 4.68 Å². The van der Waals surface area contributed by atoms with Gasteiger partial charge in [-0.2, -0.15) is 5.10 Å². The van der Waals surface area contributed by atoms with Gasteiger partial charge >= 0.3 is 0 Å². The van der Waals surface area contributed by atoms with Gasteiger partial charge < -0.3 is 11.1 Å². The van der Waals surface area contributed by atoms with Crippen molar-refractivity contribution in [3.63, 3.8) is 0 Å². The number of aryl methyl sites for hydroxylation is 2. The summed E-state index contributed by atoms with van der Waals surface area (Å²) in [5, 5.41) is 8.20. The van der Waals surface area contributed by atoms with Gasteiger partial charge in [-0.25, -0.2) is 0 Å². The Labute approximate surface area is 116 Å². The summed E-state index contributed by atoms with van der Waals surface area (Å²) >= 11 is 0. The summed E-state index contributed by atoms with van der Waals surface area (Å²) in [5.41, 5.74) is 8.45. The van der Waals surface area contributed by atoms with Crippen LogP contribution in [0, 0.1) is 5.41 Å². The zero-order valence-corrected chi connectivity index (χ0v) is 12.8. The molecule has 0 aliphatic heterocycles. The number of nitrogen functional groups attached to an aromatic ring is 1. The third-order valence-corrected chi connectivity index (χ3v) is 4.47. The Morgan fingerprint density at radius 1 is 1.42 bits per heavy atom. The van der Waals surface area contributed by atoms with E-state index >= 15 is 0 Å². The first kappa shape index (κ1) is 14.2. The minimum absolute atomic E-state index is 0.333. The van der Waals surface area contributed by atoms with Gasteiger partial charge in [-0.05, 0) is 24.7 Å². The summed E-state index contributed by atoms with van der Waals surface area (Å²) in [6, 6.07) is 0.494. The molecule has 4 nitrogen and oxygen atoms in total. The number of nitrogens with one attached hydrogen (secondary N) is 1. The third kappa shape index (κ3) is 2.88. The first-order valence-corrected chi connectivity index (χ1v) is 7.53. The van der Waals surface area contributed by atoms with Crippen molar-refractivity contribution < 1.29 is 0 Å². The van der Waals surface area contributed by atoms with Crippen LogP contribution in [0.1, 0.15) is 58.6 Å². The molecular formula is C15H28N4. The first-order chi connectivity index (χ1) is 8.95. The van der Waals surface area contributed by atoms with E-state index in [1.165, 1.54) is 25.7 Å². The van der Waals surface area contributed by atoms with Gasteiger partial charge in [0.15, 0.2) is 0 Å². The number of nitrogens with two attached hydrogens (primary N) is 1. The van der Waals surface area contributed by atoms with E-state index in [1.807, 2.05) is 11.7 Å². The van der Waals surface area contributed by atoms with Crippen molar-refractivity contribution in [2.24, 2.45) is 12.5 Å². The molecule has 0 spiro atoms. The van der Waals surface area contributed by atoms with E-state index in [-0.39, 0.29) is 0 Å². The molecule has 0 radical (unpaired) electrons. The highest BCUT2D eigenvalue weighted by Crippen LogP contribution is 2.38. The second-order valence-corrected chi connectivity index (χ2v) is 6.51. The molecule has 1 aliphatic carbocycles. The van der Waals surface area contributed by atoms with Crippen LogP contribution in [0.25, 0.3) is 0 Å². The Morgan fingerprint density at radius 2 is 2.16 bits per heavy atom. The second-order valence-electron chi connectivity index (χ2n) is 6.51. The predicted molar refractivity (Wildman–Crippen MR) is 81.3 cm³/mol. The van der Waals surface area contributed by atoms with E-state index in [9.17, 15) is 0 Å². The summed E-state index contributed by atoms with van der Waals surface area (Å²) in [4.78, 5) is 0. The van der Waals surface area contributed by atoms with Gasteiger partial charge in [-0.1, -0.05) is 40.0 Å². The van der Waals surface area contributed by atoms with Gasteiger partial charge in [0, 0.05) is 13.1 Å². The molecule has 1 fully saturated rings. The number of rotatable bonds is 4. The van der Waals surface area contributed by atoms with Crippen molar-refractivity contribution in [2.45, 2.75) is 65.3 Å². The lowest BCUT2D eigenvalue weighted by molar-refractivity contribution is 0.216. The van der Waals surface area contributed by atoms with E-state index < -0.39 is 0 Å². The number of hydrogen-bond acceptors (Lipinski definition) is 3. The molecule has 1 aliphatic rings. The van der Waals surface area contributed by atoms with Crippen LogP contribution in [-0.2, 0) is 13.5 Å². The fourth-order valence-electron chi connectivity index (χ4n) is 3.12. The van der Waals surface area contributed by atoms with Crippen LogP contribution >= 0.6 is 0 Å². The Kier molecular flexibility index (Phi) is 4.07. The zero-order valence-electron chi connectivity index (χ0n) is 12.8. The van der Waals surface area contributed by atoms with E-state index in [4.69, 9.17) is 5.73 Å². The monoisotopic (exact) mass is 264 g/mol. The summed E-state index contributed by atoms with van der Waals surface area (Å²) in [6.45, 7) is 6.86. The molecule has 1 aromatic rings. The van der Waals surface area contributed by atoms with Crippen LogP contribution in [0.5, 0.6) is 0 Å².